The van der Waals surface area contributed by atoms with Gasteiger partial charge in [0.05, 0.1) is 0 Å². The van der Waals surface area contributed by atoms with E-state index >= 15 is 0 Å². The van der Waals surface area contributed by atoms with Gasteiger partial charge in [-0.2, -0.15) is 28.8 Å². The third-order valence-electron chi connectivity index (χ3n) is 3.41. The molecule has 0 N–H and O–H groups in total. The zero-order valence-corrected chi connectivity index (χ0v) is 12.2. The minimum absolute atomic E-state index is 0.486. The number of thioether (sulfide) groups is 1. The van der Waals surface area contributed by atoms with Crippen LogP contribution in [0.3, 0.4) is 0 Å². The van der Waals surface area contributed by atoms with Crippen molar-refractivity contribution in [1.82, 2.24) is 8.61 Å². The van der Waals surface area contributed by atoms with Crippen LogP contribution in [0.1, 0.15) is 12.8 Å². The molecule has 0 radical (unpaired) electrons. The monoisotopic (exact) mass is 298 g/mol. The van der Waals surface area contributed by atoms with Gasteiger partial charge in [-0.1, -0.05) is 0 Å². The van der Waals surface area contributed by atoms with Gasteiger partial charge in [-0.15, -0.1) is 11.6 Å². The smallest absolute Gasteiger partial charge is 0.195 e. The summed E-state index contributed by atoms with van der Waals surface area (Å²) in [5.41, 5.74) is 0. The van der Waals surface area contributed by atoms with Crippen molar-refractivity contribution in [2.75, 3.05) is 43.6 Å². The van der Waals surface area contributed by atoms with Crippen LogP contribution < -0.4 is 0 Å². The molecule has 0 atom stereocenters. The third-order valence-corrected chi connectivity index (χ3v) is 6.83. The number of piperidine rings is 1. The molecular weight excluding hydrogens is 280 g/mol. The van der Waals surface area contributed by atoms with Gasteiger partial charge in [-0.25, -0.2) is 0 Å². The van der Waals surface area contributed by atoms with E-state index in [9.17, 15) is 8.42 Å². The Morgan fingerprint density at radius 2 is 1.59 bits per heavy atom. The number of hydrogen-bond donors (Lipinski definition) is 0. The summed E-state index contributed by atoms with van der Waals surface area (Å²) in [6.07, 6.45) is 1.79. The van der Waals surface area contributed by atoms with Crippen LogP contribution >= 0.6 is 23.4 Å². The molecule has 0 aromatic heterocycles. The molecule has 0 amide bonds. The van der Waals surface area contributed by atoms with Crippen LogP contribution in [0.15, 0.2) is 0 Å². The van der Waals surface area contributed by atoms with E-state index in [4.69, 9.17) is 11.6 Å². The highest BCUT2D eigenvalue weighted by molar-refractivity contribution is 7.99. The van der Waals surface area contributed by atoms with Crippen molar-refractivity contribution in [3.05, 3.63) is 0 Å². The standard InChI is InChI=1S/C10H19ClN2O2S2/c11-9-10-1-3-12(4-2-10)17(14,15)13-5-7-16-8-6-13/h10H,1-9H2. The Morgan fingerprint density at radius 1 is 1.06 bits per heavy atom. The Morgan fingerprint density at radius 3 is 2.12 bits per heavy atom. The van der Waals surface area contributed by atoms with E-state index in [0.29, 0.717) is 38.0 Å². The minimum atomic E-state index is -3.21. The van der Waals surface area contributed by atoms with Crippen molar-refractivity contribution in [2.45, 2.75) is 12.8 Å². The summed E-state index contributed by atoms with van der Waals surface area (Å²) in [7, 11) is -3.21. The molecule has 0 bridgehead atoms. The maximum absolute atomic E-state index is 12.3. The molecular formula is C10H19ClN2O2S2. The van der Waals surface area contributed by atoms with Gasteiger partial charge in [0.15, 0.2) is 0 Å². The molecule has 2 saturated heterocycles. The Kier molecular flexibility index (Phi) is 5.00. The summed E-state index contributed by atoms with van der Waals surface area (Å²) < 4.78 is 28.0. The first-order valence-corrected chi connectivity index (χ1v) is 9.12. The van der Waals surface area contributed by atoms with Crippen LogP contribution in [0.25, 0.3) is 0 Å². The lowest BCUT2D eigenvalue weighted by Gasteiger charge is -2.35. The van der Waals surface area contributed by atoms with E-state index in [1.54, 1.807) is 8.61 Å². The summed E-state index contributed by atoms with van der Waals surface area (Å²) in [6.45, 7) is 2.57. The Bertz CT molecular complexity index is 336. The molecule has 0 unspecified atom stereocenters. The van der Waals surface area contributed by atoms with Crippen molar-refractivity contribution in [2.24, 2.45) is 5.92 Å². The van der Waals surface area contributed by atoms with Crippen LogP contribution in [0.2, 0.25) is 0 Å². The predicted octanol–water partition coefficient (Wildman–Crippen LogP) is 1.23. The molecule has 0 spiro atoms. The van der Waals surface area contributed by atoms with Crippen LogP contribution in [-0.4, -0.2) is 60.6 Å². The fraction of sp³-hybridized carbons (Fsp3) is 1.00. The topological polar surface area (TPSA) is 40.6 Å². The maximum atomic E-state index is 12.3. The lowest BCUT2D eigenvalue weighted by molar-refractivity contribution is 0.269. The Balaban J connectivity index is 1.96. The largest absolute Gasteiger partial charge is 0.282 e. The quantitative estimate of drug-likeness (QED) is 0.736. The number of rotatable bonds is 3. The van der Waals surface area contributed by atoms with Gasteiger partial charge in [0, 0.05) is 43.6 Å². The van der Waals surface area contributed by atoms with Gasteiger partial charge in [0.25, 0.3) is 10.2 Å². The lowest BCUT2D eigenvalue weighted by atomic mass is 10.0. The molecule has 2 fully saturated rings. The SMILES string of the molecule is O=S(=O)(N1CCSCC1)N1CCC(CCl)CC1. The van der Waals surface area contributed by atoms with Gasteiger partial charge >= 0.3 is 0 Å². The van der Waals surface area contributed by atoms with Gasteiger partial charge in [-0.3, -0.25) is 0 Å². The number of halogens is 1. The van der Waals surface area contributed by atoms with E-state index in [-0.39, 0.29) is 0 Å². The first-order chi connectivity index (χ1) is 8.14. The Labute approximate surface area is 113 Å². The first kappa shape index (κ1) is 13.9. The molecule has 0 aromatic carbocycles. The summed E-state index contributed by atoms with van der Waals surface area (Å²) in [6, 6.07) is 0. The highest BCUT2D eigenvalue weighted by Gasteiger charge is 2.33. The van der Waals surface area contributed by atoms with Crippen molar-refractivity contribution in [3.63, 3.8) is 0 Å². The highest BCUT2D eigenvalue weighted by atomic mass is 35.5. The van der Waals surface area contributed by atoms with Crippen LogP contribution in [0.5, 0.6) is 0 Å². The normalized spacial score (nSPS) is 26.2. The molecule has 2 heterocycles. The van der Waals surface area contributed by atoms with Crippen LogP contribution in [0, 0.1) is 5.92 Å². The zero-order valence-electron chi connectivity index (χ0n) is 9.85. The molecule has 17 heavy (non-hydrogen) atoms. The maximum Gasteiger partial charge on any atom is 0.282 e. The molecule has 4 nitrogen and oxygen atoms in total. The van der Waals surface area contributed by atoms with E-state index in [0.717, 1.165) is 24.3 Å². The summed E-state index contributed by atoms with van der Waals surface area (Å²) in [5.74, 6) is 2.96. The van der Waals surface area contributed by atoms with E-state index in [1.165, 1.54) is 0 Å². The molecule has 2 rings (SSSR count). The predicted molar refractivity (Wildman–Crippen MR) is 72.8 cm³/mol. The first-order valence-electron chi connectivity index (χ1n) is 6.03. The van der Waals surface area contributed by atoms with Gasteiger partial charge in [0.1, 0.15) is 0 Å². The molecule has 2 aliphatic rings. The van der Waals surface area contributed by atoms with Gasteiger partial charge in [-0.05, 0) is 18.8 Å². The fourth-order valence-electron chi connectivity index (χ4n) is 2.23. The van der Waals surface area contributed by atoms with Gasteiger partial charge in [0.2, 0.25) is 0 Å². The average Bonchev–Trinajstić information content (AvgIpc) is 2.40. The average molecular weight is 299 g/mol. The van der Waals surface area contributed by atoms with Gasteiger partial charge < -0.3 is 0 Å². The molecule has 0 aromatic rings. The van der Waals surface area contributed by atoms with Crippen molar-refractivity contribution < 1.29 is 8.42 Å². The number of alkyl halides is 1. The summed E-state index contributed by atoms with van der Waals surface area (Å²) in [4.78, 5) is 0. The Hall–Kier alpha value is 0.510. The number of nitrogens with zero attached hydrogens (tertiary/aromatic N) is 2. The van der Waals surface area contributed by atoms with Crippen LogP contribution in [0.4, 0.5) is 0 Å². The van der Waals surface area contributed by atoms with E-state index in [2.05, 4.69) is 0 Å². The van der Waals surface area contributed by atoms with Crippen molar-refractivity contribution in [3.8, 4) is 0 Å². The molecule has 2 aliphatic heterocycles. The second-order valence-corrected chi connectivity index (χ2v) is 7.98. The zero-order chi connectivity index (χ0) is 12.3. The van der Waals surface area contributed by atoms with Crippen LogP contribution in [-0.2, 0) is 10.2 Å². The molecule has 7 heteroatoms. The molecule has 100 valence electrons. The van der Waals surface area contributed by atoms with Crippen molar-refractivity contribution >= 4 is 33.6 Å². The van der Waals surface area contributed by atoms with E-state index in [1.807, 2.05) is 11.8 Å². The molecule has 0 saturated carbocycles. The lowest BCUT2D eigenvalue weighted by Crippen LogP contribution is -2.49. The second kappa shape index (κ2) is 6.10. The molecule has 0 aliphatic carbocycles. The van der Waals surface area contributed by atoms with Crippen molar-refractivity contribution in [1.29, 1.82) is 0 Å². The third kappa shape index (κ3) is 3.29. The fourth-order valence-corrected chi connectivity index (χ4v) is 5.32. The highest BCUT2D eigenvalue weighted by Crippen LogP contribution is 2.23. The number of hydrogen-bond acceptors (Lipinski definition) is 3. The second-order valence-electron chi connectivity index (χ2n) is 4.52. The summed E-state index contributed by atoms with van der Waals surface area (Å²) >= 11 is 7.63. The minimum Gasteiger partial charge on any atom is -0.195 e. The summed E-state index contributed by atoms with van der Waals surface area (Å²) in [5, 5.41) is 0. The van der Waals surface area contributed by atoms with E-state index < -0.39 is 10.2 Å².